The van der Waals surface area contributed by atoms with Crippen LogP contribution in [0.25, 0.3) is 0 Å². The Bertz CT molecular complexity index is 553. The lowest BCUT2D eigenvalue weighted by Crippen LogP contribution is -2.47. The smallest absolute Gasteiger partial charge is 0.317 e. The summed E-state index contributed by atoms with van der Waals surface area (Å²) in [6, 6.07) is -0.166. The molecular weight excluding hydrogens is 324 g/mol. The van der Waals surface area contributed by atoms with Crippen LogP contribution in [0, 0.1) is 5.92 Å². The van der Waals surface area contributed by atoms with Crippen LogP contribution in [0.2, 0.25) is 0 Å². The van der Waals surface area contributed by atoms with E-state index in [1.807, 2.05) is 19.2 Å². The van der Waals surface area contributed by atoms with Crippen molar-refractivity contribution in [3.8, 4) is 0 Å². The average Bonchev–Trinajstić information content (AvgIpc) is 3.09. The van der Waals surface area contributed by atoms with E-state index in [0.29, 0.717) is 13.1 Å². The highest BCUT2D eigenvalue weighted by atomic mass is 32.1. The lowest BCUT2D eigenvalue weighted by molar-refractivity contribution is -0.126. The first-order valence-corrected chi connectivity index (χ1v) is 9.70. The number of likely N-dealkylation sites (tertiary alicyclic amines) is 1. The summed E-state index contributed by atoms with van der Waals surface area (Å²) >= 11 is 1.63. The van der Waals surface area contributed by atoms with Gasteiger partial charge < -0.3 is 15.5 Å². The van der Waals surface area contributed by atoms with E-state index < -0.39 is 0 Å². The molecule has 0 saturated carbocycles. The molecule has 1 unspecified atom stereocenters. The van der Waals surface area contributed by atoms with Crippen LogP contribution in [0.3, 0.4) is 0 Å². The Morgan fingerprint density at radius 1 is 1.38 bits per heavy atom. The summed E-state index contributed by atoms with van der Waals surface area (Å²) in [5, 5.41) is 9.05. The molecule has 0 aromatic carbocycles. The third-order valence-electron chi connectivity index (χ3n) is 4.36. The Morgan fingerprint density at radius 3 is 2.67 bits per heavy atom. The lowest BCUT2D eigenvalue weighted by Gasteiger charge is -2.32. The predicted molar refractivity (Wildman–Crippen MR) is 96.0 cm³/mol. The molecule has 1 atom stereocenters. The van der Waals surface area contributed by atoms with Gasteiger partial charge in [-0.3, -0.25) is 4.79 Å². The molecule has 2 rings (SSSR count). The molecule has 1 aromatic heterocycles. The highest BCUT2D eigenvalue weighted by Crippen LogP contribution is 2.20. The number of hydrogen-bond acceptors (Lipinski definition) is 4. The van der Waals surface area contributed by atoms with Gasteiger partial charge in [0.05, 0.1) is 16.7 Å². The quantitative estimate of drug-likeness (QED) is 0.827. The van der Waals surface area contributed by atoms with Crippen molar-refractivity contribution in [3.05, 3.63) is 16.1 Å². The Hall–Kier alpha value is -1.63. The summed E-state index contributed by atoms with van der Waals surface area (Å²) in [4.78, 5) is 30.7. The first-order chi connectivity index (χ1) is 11.5. The van der Waals surface area contributed by atoms with Crippen LogP contribution >= 0.6 is 11.3 Å². The minimum Gasteiger partial charge on any atom is -0.356 e. The predicted octanol–water partition coefficient (Wildman–Crippen LogP) is 2.71. The number of carbonyl (C=O) groups is 2. The normalized spacial score (nSPS) is 16.7. The standard InChI is InChI=1S/C17H28N4O2S/c1-4-8-18-16(22)13-6-9-21(10-7-13)17(23)19-12(3)14-11-24-15(5-2)20-14/h11-13H,4-10H2,1-3H3,(H,18,22)(H,19,23). The second-order valence-electron chi connectivity index (χ2n) is 6.24. The molecule has 0 spiro atoms. The van der Waals surface area contributed by atoms with Crippen molar-refractivity contribution >= 4 is 23.3 Å². The van der Waals surface area contributed by atoms with Crippen molar-refractivity contribution < 1.29 is 9.59 Å². The van der Waals surface area contributed by atoms with Gasteiger partial charge in [-0.2, -0.15) is 0 Å². The van der Waals surface area contributed by atoms with Crippen LogP contribution < -0.4 is 10.6 Å². The van der Waals surface area contributed by atoms with E-state index in [2.05, 4.69) is 22.5 Å². The van der Waals surface area contributed by atoms with Gasteiger partial charge in [0.1, 0.15) is 0 Å². The fourth-order valence-corrected chi connectivity index (χ4v) is 3.61. The number of carbonyl (C=O) groups excluding carboxylic acids is 2. The van der Waals surface area contributed by atoms with E-state index in [9.17, 15) is 9.59 Å². The molecule has 0 radical (unpaired) electrons. The molecular formula is C17H28N4O2S. The third-order valence-corrected chi connectivity index (χ3v) is 5.37. The monoisotopic (exact) mass is 352 g/mol. The largest absolute Gasteiger partial charge is 0.356 e. The van der Waals surface area contributed by atoms with E-state index in [4.69, 9.17) is 0 Å². The Balaban J connectivity index is 1.79. The molecule has 6 nitrogen and oxygen atoms in total. The van der Waals surface area contributed by atoms with Gasteiger partial charge in [-0.1, -0.05) is 13.8 Å². The van der Waals surface area contributed by atoms with Gasteiger partial charge in [0.15, 0.2) is 0 Å². The number of urea groups is 1. The van der Waals surface area contributed by atoms with Crippen molar-refractivity contribution in [2.75, 3.05) is 19.6 Å². The van der Waals surface area contributed by atoms with Crippen LogP contribution in [-0.2, 0) is 11.2 Å². The average molecular weight is 353 g/mol. The van der Waals surface area contributed by atoms with Crippen molar-refractivity contribution in [3.63, 3.8) is 0 Å². The van der Waals surface area contributed by atoms with Gasteiger partial charge in [0.25, 0.3) is 0 Å². The number of piperidine rings is 1. The van der Waals surface area contributed by atoms with Crippen LogP contribution in [0.15, 0.2) is 5.38 Å². The van der Waals surface area contributed by atoms with E-state index in [0.717, 1.165) is 42.9 Å². The maximum atomic E-state index is 12.4. The number of thiazole rings is 1. The van der Waals surface area contributed by atoms with Gasteiger partial charge in [-0.15, -0.1) is 11.3 Å². The molecule has 1 fully saturated rings. The molecule has 2 N–H and O–H groups in total. The minimum absolute atomic E-state index is 0.0312. The zero-order chi connectivity index (χ0) is 17.5. The zero-order valence-corrected chi connectivity index (χ0v) is 15.6. The lowest BCUT2D eigenvalue weighted by atomic mass is 9.96. The third kappa shape index (κ3) is 4.93. The highest BCUT2D eigenvalue weighted by molar-refractivity contribution is 7.09. The number of nitrogens with zero attached hydrogens (tertiary/aromatic N) is 2. The number of rotatable bonds is 6. The molecule has 2 heterocycles. The van der Waals surface area contributed by atoms with Crippen LogP contribution in [0.4, 0.5) is 4.79 Å². The summed E-state index contributed by atoms with van der Waals surface area (Å²) in [6.45, 7) is 8.05. The van der Waals surface area contributed by atoms with Gasteiger partial charge in [-0.05, 0) is 32.6 Å². The van der Waals surface area contributed by atoms with E-state index >= 15 is 0 Å². The molecule has 134 valence electrons. The molecule has 3 amide bonds. The molecule has 24 heavy (non-hydrogen) atoms. The Morgan fingerprint density at radius 2 is 2.08 bits per heavy atom. The molecule has 1 aromatic rings. The van der Waals surface area contributed by atoms with Gasteiger partial charge in [0, 0.05) is 30.9 Å². The van der Waals surface area contributed by atoms with E-state index in [1.54, 1.807) is 16.2 Å². The first kappa shape index (κ1) is 18.7. The fraction of sp³-hybridized carbons (Fsp3) is 0.706. The summed E-state index contributed by atoms with van der Waals surface area (Å²) in [5.74, 6) is 0.156. The topological polar surface area (TPSA) is 74.3 Å². The Labute approximate surface area is 148 Å². The number of aromatic nitrogens is 1. The van der Waals surface area contributed by atoms with Gasteiger partial charge in [-0.25, -0.2) is 9.78 Å². The molecule has 1 aliphatic rings. The summed E-state index contributed by atoms with van der Waals surface area (Å²) in [6.07, 6.45) is 3.32. The fourth-order valence-electron chi connectivity index (χ4n) is 2.77. The second kappa shape index (κ2) is 9.01. The van der Waals surface area contributed by atoms with Gasteiger partial charge >= 0.3 is 6.03 Å². The summed E-state index contributed by atoms with van der Waals surface area (Å²) in [7, 11) is 0. The van der Waals surface area contributed by atoms with E-state index in [-0.39, 0.29) is 23.9 Å². The van der Waals surface area contributed by atoms with Crippen molar-refractivity contribution in [2.45, 2.75) is 52.5 Å². The molecule has 7 heteroatoms. The minimum atomic E-state index is -0.0976. The second-order valence-corrected chi connectivity index (χ2v) is 7.19. The maximum Gasteiger partial charge on any atom is 0.317 e. The van der Waals surface area contributed by atoms with Crippen molar-refractivity contribution in [1.82, 2.24) is 20.5 Å². The first-order valence-electron chi connectivity index (χ1n) is 8.82. The zero-order valence-electron chi connectivity index (χ0n) is 14.8. The number of aryl methyl sites for hydroxylation is 1. The number of hydrogen-bond donors (Lipinski definition) is 2. The molecule has 0 aliphatic carbocycles. The SMILES string of the molecule is CCCNC(=O)C1CCN(C(=O)NC(C)c2csc(CC)n2)CC1. The Kier molecular flexibility index (Phi) is 7.02. The van der Waals surface area contributed by atoms with Crippen molar-refractivity contribution in [2.24, 2.45) is 5.92 Å². The highest BCUT2D eigenvalue weighted by Gasteiger charge is 2.27. The van der Waals surface area contributed by atoms with E-state index in [1.165, 1.54) is 0 Å². The van der Waals surface area contributed by atoms with Crippen LogP contribution in [0.5, 0.6) is 0 Å². The number of nitrogens with one attached hydrogen (secondary N) is 2. The summed E-state index contributed by atoms with van der Waals surface area (Å²) < 4.78 is 0. The number of amides is 3. The van der Waals surface area contributed by atoms with Crippen LogP contribution in [0.1, 0.15) is 56.8 Å². The summed E-state index contributed by atoms with van der Waals surface area (Å²) in [5.41, 5.74) is 0.916. The van der Waals surface area contributed by atoms with Crippen LogP contribution in [-0.4, -0.2) is 41.5 Å². The maximum absolute atomic E-state index is 12.4. The molecule has 1 aliphatic heterocycles. The van der Waals surface area contributed by atoms with Crippen molar-refractivity contribution in [1.29, 1.82) is 0 Å². The van der Waals surface area contributed by atoms with Gasteiger partial charge in [0.2, 0.25) is 5.91 Å². The molecule has 1 saturated heterocycles. The molecule has 0 bridgehead atoms.